The summed E-state index contributed by atoms with van der Waals surface area (Å²) in [6.07, 6.45) is -4.40. The first-order valence-corrected chi connectivity index (χ1v) is 5.34. The van der Waals surface area contributed by atoms with Gasteiger partial charge >= 0.3 is 6.18 Å². The molecule has 0 bridgehead atoms. The second kappa shape index (κ2) is 7.50. The van der Waals surface area contributed by atoms with Gasteiger partial charge in [0.1, 0.15) is 6.61 Å². The van der Waals surface area contributed by atoms with Crippen LogP contribution >= 0.6 is 0 Å². The Balaban J connectivity index is 3.71. The third kappa shape index (κ3) is 8.93. The van der Waals surface area contributed by atoms with Crippen LogP contribution in [-0.2, 0) is 9.53 Å². The number of nitrogens with two attached hydrogens (primary N) is 1. The van der Waals surface area contributed by atoms with Gasteiger partial charge in [0.2, 0.25) is 5.91 Å². The molecule has 0 aliphatic heterocycles. The highest BCUT2D eigenvalue weighted by Gasteiger charge is 2.27. The number of ether oxygens (including phenoxy) is 1. The van der Waals surface area contributed by atoms with Crippen LogP contribution in [0.1, 0.15) is 13.3 Å². The Kier molecular flexibility index (Phi) is 7.13. The number of hydrogen-bond donors (Lipinski definition) is 1. The number of alkyl halides is 3. The summed E-state index contributed by atoms with van der Waals surface area (Å²) in [5.41, 5.74) is 5.40. The summed E-state index contributed by atoms with van der Waals surface area (Å²) in [5.74, 6) is -0.0764. The SMILES string of the molecule is CC(CN)CN(C)C(=O)CCOCC(F)(F)F. The van der Waals surface area contributed by atoms with Gasteiger partial charge in [-0.2, -0.15) is 13.2 Å². The Hall–Kier alpha value is -0.820. The van der Waals surface area contributed by atoms with Gasteiger partial charge in [-0.1, -0.05) is 6.92 Å². The van der Waals surface area contributed by atoms with Crippen LogP contribution in [0.15, 0.2) is 0 Å². The van der Waals surface area contributed by atoms with Crippen LogP contribution in [0.25, 0.3) is 0 Å². The molecule has 0 aromatic carbocycles. The number of hydrogen-bond acceptors (Lipinski definition) is 3. The lowest BCUT2D eigenvalue weighted by Gasteiger charge is -2.20. The van der Waals surface area contributed by atoms with Crippen molar-refractivity contribution in [1.82, 2.24) is 4.90 Å². The minimum absolute atomic E-state index is 0.0517. The van der Waals surface area contributed by atoms with E-state index >= 15 is 0 Å². The van der Waals surface area contributed by atoms with E-state index in [1.165, 1.54) is 4.90 Å². The van der Waals surface area contributed by atoms with Crippen molar-refractivity contribution in [3.63, 3.8) is 0 Å². The molecule has 0 saturated carbocycles. The highest BCUT2D eigenvalue weighted by atomic mass is 19.4. The fourth-order valence-corrected chi connectivity index (χ4v) is 1.18. The van der Waals surface area contributed by atoms with E-state index in [0.717, 1.165) is 0 Å². The summed E-state index contributed by atoms with van der Waals surface area (Å²) in [6, 6.07) is 0. The molecule has 4 nitrogen and oxygen atoms in total. The fourth-order valence-electron chi connectivity index (χ4n) is 1.18. The molecule has 0 fully saturated rings. The molecule has 0 heterocycles. The molecule has 0 aliphatic rings. The maximum Gasteiger partial charge on any atom is 0.411 e. The van der Waals surface area contributed by atoms with Crippen molar-refractivity contribution in [1.29, 1.82) is 0 Å². The molecule has 0 rings (SSSR count). The number of nitrogens with zero attached hydrogens (tertiary/aromatic N) is 1. The van der Waals surface area contributed by atoms with Crippen LogP contribution < -0.4 is 5.73 Å². The second-order valence-corrected chi connectivity index (χ2v) is 4.03. The Labute approximate surface area is 98.9 Å². The van der Waals surface area contributed by atoms with E-state index in [9.17, 15) is 18.0 Å². The van der Waals surface area contributed by atoms with E-state index in [0.29, 0.717) is 13.1 Å². The van der Waals surface area contributed by atoms with Crippen molar-refractivity contribution in [3.05, 3.63) is 0 Å². The molecule has 0 aromatic heterocycles. The molecule has 0 radical (unpaired) electrons. The largest absolute Gasteiger partial charge is 0.411 e. The van der Waals surface area contributed by atoms with Crippen molar-refractivity contribution in [2.24, 2.45) is 11.7 Å². The van der Waals surface area contributed by atoms with E-state index in [4.69, 9.17) is 5.73 Å². The molecule has 0 saturated heterocycles. The normalized spacial score (nSPS) is 13.5. The average molecular weight is 256 g/mol. The molecule has 0 aliphatic carbocycles. The molecular weight excluding hydrogens is 237 g/mol. The lowest BCUT2D eigenvalue weighted by Crippen LogP contribution is -2.34. The van der Waals surface area contributed by atoms with Crippen LogP contribution in [0.5, 0.6) is 0 Å². The minimum Gasteiger partial charge on any atom is -0.372 e. The first-order valence-electron chi connectivity index (χ1n) is 5.34. The van der Waals surface area contributed by atoms with Gasteiger partial charge in [-0.3, -0.25) is 4.79 Å². The maximum atomic E-state index is 11.7. The Morgan fingerprint density at radius 2 is 2.06 bits per heavy atom. The highest BCUT2D eigenvalue weighted by molar-refractivity contribution is 5.75. The van der Waals surface area contributed by atoms with Crippen molar-refractivity contribution in [2.75, 3.05) is 33.4 Å². The molecular formula is C10H19F3N2O2. The van der Waals surface area contributed by atoms with Gasteiger partial charge < -0.3 is 15.4 Å². The summed E-state index contributed by atoms with van der Waals surface area (Å²) >= 11 is 0. The summed E-state index contributed by atoms with van der Waals surface area (Å²) in [5, 5.41) is 0. The monoisotopic (exact) mass is 256 g/mol. The summed E-state index contributed by atoms with van der Waals surface area (Å²) < 4.78 is 39.5. The van der Waals surface area contributed by atoms with Gasteiger partial charge in [0, 0.05) is 13.6 Å². The Bertz CT molecular complexity index is 234. The average Bonchev–Trinajstić information content (AvgIpc) is 2.22. The molecule has 7 heteroatoms. The molecule has 1 unspecified atom stereocenters. The van der Waals surface area contributed by atoms with Crippen LogP contribution in [0.4, 0.5) is 13.2 Å². The third-order valence-electron chi connectivity index (χ3n) is 2.14. The molecule has 102 valence electrons. The summed E-state index contributed by atoms with van der Waals surface area (Å²) in [6.45, 7) is 1.31. The van der Waals surface area contributed by atoms with Gasteiger partial charge in [-0.05, 0) is 12.5 Å². The zero-order valence-electron chi connectivity index (χ0n) is 10.1. The third-order valence-corrected chi connectivity index (χ3v) is 2.14. The highest BCUT2D eigenvalue weighted by Crippen LogP contribution is 2.14. The van der Waals surface area contributed by atoms with Gasteiger partial charge in [-0.15, -0.1) is 0 Å². The van der Waals surface area contributed by atoms with E-state index in [-0.39, 0.29) is 24.9 Å². The molecule has 1 amide bonds. The second-order valence-electron chi connectivity index (χ2n) is 4.03. The van der Waals surface area contributed by atoms with Gasteiger partial charge in [0.05, 0.1) is 13.0 Å². The first kappa shape index (κ1) is 16.2. The number of amides is 1. The standard InChI is InChI=1S/C10H19F3N2O2/c1-8(5-14)6-15(2)9(16)3-4-17-7-10(11,12)13/h8H,3-7,14H2,1-2H3. The molecule has 2 N–H and O–H groups in total. The van der Waals surface area contributed by atoms with Crippen molar-refractivity contribution < 1.29 is 22.7 Å². The van der Waals surface area contributed by atoms with Crippen molar-refractivity contribution in [2.45, 2.75) is 19.5 Å². The van der Waals surface area contributed by atoms with E-state index < -0.39 is 12.8 Å². The fraction of sp³-hybridized carbons (Fsp3) is 0.900. The number of carbonyl (C=O) groups excluding carboxylic acids is 1. The van der Waals surface area contributed by atoms with Crippen LogP contribution in [0.2, 0.25) is 0 Å². The first-order chi connectivity index (χ1) is 7.76. The summed E-state index contributed by atoms with van der Waals surface area (Å²) in [4.78, 5) is 12.9. The molecule has 17 heavy (non-hydrogen) atoms. The van der Waals surface area contributed by atoms with Gasteiger partial charge in [-0.25, -0.2) is 0 Å². The van der Waals surface area contributed by atoms with E-state index in [1.54, 1.807) is 7.05 Å². The smallest absolute Gasteiger partial charge is 0.372 e. The predicted molar refractivity (Wildman–Crippen MR) is 57.3 cm³/mol. The van der Waals surface area contributed by atoms with Gasteiger partial charge in [0.15, 0.2) is 0 Å². The van der Waals surface area contributed by atoms with Crippen LogP contribution in [0, 0.1) is 5.92 Å². The van der Waals surface area contributed by atoms with Gasteiger partial charge in [0.25, 0.3) is 0 Å². The lowest BCUT2D eigenvalue weighted by atomic mass is 10.2. The summed E-state index contributed by atoms with van der Waals surface area (Å²) in [7, 11) is 1.60. The predicted octanol–water partition coefficient (Wildman–Crippen LogP) is 1.01. The Morgan fingerprint density at radius 1 is 1.47 bits per heavy atom. The molecule has 0 aromatic rings. The van der Waals surface area contributed by atoms with Crippen LogP contribution in [-0.4, -0.2) is 50.3 Å². The Morgan fingerprint density at radius 3 is 2.53 bits per heavy atom. The molecule has 1 atom stereocenters. The number of carbonyl (C=O) groups is 1. The van der Waals surface area contributed by atoms with E-state index in [1.807, 2.05) is 6.92 Å². The van der Waals surface area contributed by atoms with Crippen LogP contribution in [0.3, 0.4) is 0 Å². The maximum absolute atomic E-state index is 11.7. The quantitative estimate of drug-likeness (QED) is 0.692. The zero-order chi connectivity index (χ0) is 13.5. The number of halogens is 3. The zero-order valence-corrected chi connectivity index (χ0v) is 10.1. The topological polar surface area (TPSA) is 55.6 Å². The van der Waals surface area contributed by atoms with Crippen molar-refractivity contribution in [3.8, 4) is 0 Å². The van der Waals surface area contributed by atoms with E-state index in [2.05, 4.69) is 4.74 Å². The minimum atomic E-state index is -4.34. The number of rotatable bonds is 7. The van der Waals surface area contributed by atoms with Crippen molar-refractivity contribution >= 4 is 5.91 Å². The lowest BCUT2D eigenvalue weighted by molar-refractivity contribution is -0.175. The molecule has 0 spiro atoms.